The highest BCUT2D eigenvalue weighted by Crippen LogP contribution is 2.75. The highest BCUT2D eigenvalue weighted by molar-refractivity contribution is 5.42. The van der Waals surface area contributed by atoms with Crippen LogP contribution in [0.15, 0.2) is 53.5 Å². The number of hydrogen-bond donors (Lipinski definition) is 1. The molecule has 0 radical (unpaired) electrons. The van der Waals surface area contributed by atoms with Crippen LogP contribution in [0.4, 0.5) is 0 Å². The fraction of sp³-hybridized carbons (Fsp3) is 0.316. The normalized spacial score (nSPS) is 27.8. The second kappa shape index (κ2) is 4.86. The molecule has 0 amide bonds. The molecule has 0 bridgehead atoms. The highest BCUT2D eigenvalue weighted by atomic mass is 16.1. The monoisotopic (exact) mass is 290 g/mol. The van der Waals surface area contributed by atoms with E-state index < -0.39 is 0 Å². The summed E-state index contributed by atoms with van der Waals surface area (Å²) in [7, 11) is 0. The van der Waals surface area contributed by atoms with Gasteiger partial charge < -0.3 is 4.57 Å². The molecule has 110 valence electrons. The minimum atomic E-state index is -0.150. The highest BCUT2D eigenvalue weighted by Gasteiger charge is 2.77. The standard InChI is InChI=1S/C19H18N2O/c1-2-10-20-19(16-12-17(16)19)15-9-6-11-21(18(15)22)13-14-7-4-3-5-8-14/h1,3-9,11,16-17,20H,10,12-13H2. The van der Waals surface area contributed by atoms with Gasteiger partial charge in [-0.3, -0.25) is 10.1 Å². The summed E-state index contributed by atoms with van der Waals surface area (Å²) >= 11 is 0. The van der Waals surface area contributed by atoms with Gasteiger partial charge in [-0.1, -0.05) is 42.3 Å². The molecule has 1 aromatic heterocycles. The number of nitrogens with one attached hydrogen (secondary N) is 1. The van der Waals surface area contributed by atoms with Crippen molar-refractivity contribution >= 4 is 0 Å². The van der Waals surface area contributed by atoms with Gasteiger partial charge in [-0.15, -0.1) is 6.42 Å². The first-order chi connectivity index (χ1) is 10.8. The van der Waals surface area contributed by atoms with Gasteiger partial charge in [0.2, 0.25) is 0 Å². The zero-order valence-electron chi connectivity index (χ0n) is 12.3. The Balaban J connectivity index is 1.67. The molecule has 0 spiro atoms. The lowest BCUT2D eigenvalue weighted by atomic mass is 9.96. The van der Waals surface area contributed by atoms with Crippen molar-refractivity contribution in [2.75, 3.05) is 6.54 Å². The maximum atomic E-state index is 12.9. The topological polar surface area (TPSA) is 34.0 Å². The Morgan fingerprint density at radius 1 is 1.23 bits per heavy atom. The largest absolute Gasteiger partial charge is 0.311 e. The van der Waals surface area contributed by atoms with Gasteiger partial charge in [0.1, 0.15) is 0 Å². The molecule has 2 atom stereocenters. The minimum Gasteiger partial charge on any atom is -0.311 e. The summed E-state index contributed by atoms with van der Waals surface area (Å²) in [6.45, 7) is 1.12. The van der Waals surface area contributed by atoms with Crippen LogP contribution in [0.3, 0.4) is 0 Å². The van der Waals surface area contributed by atoms with Crippen molar-refractivity contribution in [2.24, 2.45) is 11.8 Å². The number of hydrogen-bond acceptors (Lipinski definition) is 2. The molecule has 2 unspecified atom stereocenters. The molecule has 2 saturated carbocycles. The van der Waals surface area contributed by atoms with Gasteiger partial charge in [0.05, 0.1) is 18.6 Å². The number of nitrogens with zero attached hydrogens (tertiary/aromatic N) is 1. The van der Waals surface area contributed by atoms with Crippen LogP contribution in [0, 0.1) is 24.2 Å². The van der Waals surface area contributed by atoms with Crippen molar-refractivity contribution in [3.05, 3.63) is 70.1 Å². The maximum absolute atomic E-state index is 12.9. The molecule has 3 heteroatoms. The van der Waals surface area contributed by atoms with E-state index in [0.29, 0.717) is 24.9 Å². The van der Waals surface area contributed by atoms with Crippen LogP contribution in [0.1, 0.15) is 17.5 Å². The average molecular weight is 290 g/mol. The number of terminal acetylenes is 1. The molecule has 2 fully saturated rings. The van der Waals surface area contributed by atoms with Crippen LogP contribution in [-0.2, 0) is 12.1 Å². The summed E-state index contributed by atoms with van der Waals surface area (Å²) in [4.78, 5) is 12.9. The van der Waals surface area contributed by atoms with Gasteiger partial charge in [-0.2, -0.15) is 0 Å². The lowest BCUT2D eigenvalue weighted by molar-refractivity contribution is 0.415. The molecule has 0 saturated heterocycles. The summed E-state index contributed by atoms with van der Waals surface area (Å²) < 4.78 is 1.79. The van der Waals surface area contributed by atoms with Crippen molar-refractivity contribution in [3.8, 4) is 12.3 Å². The van der Waals surface area contributed by atoms with E-state index in [1.807, 2.05) is 48.7 Å². The molecule has 2 aromatic rings. The molecule has 0 aliphatic heterocycles. The second-order valence-electron chi connectivity index (χ2n) is 6.22. The number of aromatic nitrogens is 1. The van der Waals surface area contributed by atoms with Crippen molar-refractivity contribution < 1.29 is 0 Å². The predicted molar refractivity (Wildman–Crippen MR) is 86.4 cm³/mol. The zero-order valence-corrected chi connectivity index (χ0v) is 12.3. The molecular weight excluding hydrogens is 272 g/mol. The van der Waals surface area contributed by atoms with E-state index in [-0.39, 0.29) is 11.1 Å². The third-order valence-corrected chi connectivity index (χ3v) is 5.00. The van der Waals surface area contributed by atoms with E-state index in [9.17, 15) is 4.79 Å². The van der Waals surface area contributed by atoms with Crippen LogP contribution in [-0.4, -0.2) is 11.1 Å². The molecule has 4 rings (SSSR count). The first-order valence-electron chi connectivity index (χ1n) is 7.69. The fourth-order valence-corrected chi connectivity index (χ4v) is 3.66. The number of benzene rings is 1. The summed E-state index contributed by atoms with van der Waals surface area (Å²) in [5.41, 5.74) is 1.96. The Hall–Kier alpha value is -2.31. The Kier molecular flexibility index (Phi) is 2.95. The first-order valence-corrected chi connectivity index (χ1v) is 7.69. The minimum absolute atomic E-state index is 0.100. The molecule has 1 N–H and O–H groups in total. The summed E-state index contributed by atoms with van der Waals surface area (Å²) in [6, 6.07) is 14.0. The van der Waals surface area contributed by atoms with Crippen LogP contribution in [0.5, 0.6) is 0 Å². The van der Waals surface area contributed by atoms with Crippen LogP contribution in [0.2, 0.25) is 0 Å². The average Bonchev–Trinajstić information content (AvgIpc) is 3.43. The Bertz CT molecular complexity index is 792. The van der Waals surface area contributed by atoms with E-state index in [4.69, 9.17) is 6.42 Å². The van der Waals surface area contributed by atoms with Gasteiger partial charge in [0, 0.05) is 11.8 Å². The van der Waals surface area contributed by atoms with E-state index in [2.05, 4.69) is 11.2 Å². The lowest BCUT2D eigenvalue weighted by Gasteiger charge is -2.24. The fourth-order valence-electron chi connectivity index (χ4n) is 3.66. The summed E-state index contributed by atoms with van der Waals surface area (Å²) in [6.07, 6.45) is 8.45. The molecular formula is C19H18N2O. The van der Waals surface area contributed by atoms with E-state index >= 15 is 0 Å². The van der Waals surface area contributed by atoms with Gasteiger partial charge >= 0.3 is 0 Å². The third-order valence-electron chi connectivity index (χ3n) is 5.00. The SMILES string of the molecule is C#CCNC1(c2cccn(Cc3ccccc3)c2=O)C2CC21. The maximum Gasteiger partial charge on any atom is 0.255 e. The second-order valence-corrected chi connectivity index (χ2v) is 6.22. The third kappa shape index (κ3) is 1.92. The smallest absolute Gasteiger partial charge is 0.255 e. The predicted octanol–water partition coefficient (Wildman–Crippen LogP) is 1.96. The van der Waals surface area contributed by atoms with Gasteiger partial charge in [0.15, 0.2) is 0 Å². The molecule has 1 heterocycles. The van der Waals surface area contributed by atoms with Crippen molar-refractivity contribution in [1.29, 1.82) is 0 Å². The molecule has 2 aliphatic rings. The molecule has 2 aliphatic carbocycles. The summed E-state index contributed by atoms with van der Waals surface area (Å²) in [5.74, 6) is 3.83. The van der Waals surface area contributed by atoms with E-state index in [0.717, 1.165) is 11.1 Å². The zero-order chi connectivity index (χ0) is 15.2. The van der Waals surface area contributed by atoms with E-state index in [1.165, 1.54) is 6.42 Å². The Morgan fingerprint density at radius 3 is 2.64 bits per heavy atom. The quantitative estimate of drug-likeness (QED) is 0.854. The van der Waals surface area contributed by atoms with Crippen LogP contribution in [0.25, 0.3) is 0 Å². The molecule has 3 nitrogen and oxygen atoms in total. The van der Waals surface area contributed by atoms with Gasteiger partial charge in [-0.05, 0) is 29.9 Å². The van der Waals surface area contributed by atoms with Gasteiger partial charge in [0.25, 0.3) is 5.56 Å². The summed E-state index contributed by atoms with van der Waals surface area (Å²) in [5, 5.41) is 3.42. The molecule has 1 aromatic carbocycles. The molecule has 22 heavy (non-hydrogen) atoms. The van der Waals surface area contributed by atoms with Crippen LogP contribution < -0.4 is 10.9 Å². The van der Waals surface area contributed by atoms with E-state index in [1.54, 1.807) is 4.57 Å². The van der Waals surface area contributed by atoms with Crippen molar-refractivity contribution in [2.45, 2.75) is 18.5 Å². The first kappa shape index (κ1) is 13.4. The van der Waals surface area contributed by atoms with Crippen LogP contribution >= 0.6 is 0 Å². The number of fused-ring (bicyclic) bond motifs is 1. The van der Waals surface area contributed by atoms with Gasteiger partial charge in [-0.25, -0.2) is 0 Å². The Labute approximate surface area is 130 Å². The van der Waals surface area contributed by atoms with Crippen molar-refractivity contribution in [3.63, 3.8) is 0 Å². The number of pyridine rings is 1. The number of rotatable bonds is 5. The Morgan fingerprint density at radius 2 is 2.00 bits per heavy atom. The van der Waals surface area contributed by atoms with Crippen molar-refractivity contribution in [1.82, 2.24) is 9.88 Å². The lowest BCUT2D eigenvalue weighted by Crippen LogP contribution is -2.41.